The lowest BCUT2D eigenvalue weighted by Crippen LogP contribution is -2.45. The molecule has 0 heterocycles. The van der Waals surface area contributed by atoms with E-state index in [0.29, 0.717) is 17.0 Å². The highest BCUT2D eigenvalue weighted by molar-refractivity contribution is 6.30. The van der Waals surface area contributed by atoms with Crippen molar-refractivity contribution in [3.05, 3.63) is 34.9 Å². The van der Waals surface area contributed by atoms with Gasteiger partial charge in [0.05, 0.1) is 0 Å². The largest absolute Gasteiger partial charge is 0.349 e. The standard InChI is InChI=1S/C19H26ClNO/c20-16-12-10-15(11-13-16)19(22)21-18-9-5-4-8-17(18)14-6-2-1-3-7-14/h10-14,17-18H,1-9H2,(H,21,22). The average Bonchev–Trinajstić information content (AvgIpc) is 2.57. The molecule has 1 aromatic rings. The van der Waals surface area contributed by atoms with Gasteiger partial charge >= 0.3 is 0 Å². The number of hydrogen-bond acceptors (Lipinski definition) is 1. The fourth-order valence-corrected chi connectivity index (χ4v) is 4.44. The summed E-state index contributed by atoms with van der Waals surface area (Å²) in [5, 5.41) is 4.00. The molecule has 0 saturated heterocycles. The molecule has 120 valence electrons. The first kappa shape index (κ1) is 15.9. The summed E-state index contributed by atoms with van der Waals surface area (Å²) in [6, 6.07) is 7.57. The van der Waals surface area contributed by atoms with Crippen molar-refractivity contribution < 1.29 is 4.79 Å². The average molecular weight is 320 g/mol. The van der Waals surface area contributed by atoms with Gasteiger partial charge in [0.2, 0.25) is 0 Å². The van der Waals surface area contributed by atoms with Crippen molar-refractivity contribution in [2.24, 2.45) is 11.8 Å². The van der Waals surface area contributed by atoms with Crippen LogP contribution in [0.25, 0.3) is 0 Å². The lowest BCUT2D eigenvalue weighted by Gasteiger charge is -2.39. The first-order chi connectivity index (χ1) is 10.7. The number of benzene rings is 1. The summed E-state index contributed by atoms with van der Waals surface area (Å²) < 4.78 is 0. The molecular weight excluding hydrogens is 294 g/mol. The zero-order valence-electron chi connectivity index (χ0n) is 13.2. The molecule has 2 saturated carbocycles. The maximum atomic E-state index is 12.5. The van der Waals surface area contributed by atoms with E-state index in [1.807, 2.05) is 12.1 Å². The number of amides is 1. The van der Waals surface area contributed by atoms with Gasteiger partial charge in [-0.1, -0.05) is 56.5 Å². The third-order valence-electron chi connectivity index (χ3n) is 5.50. The van der Waals surface area contributed by atoms with Crippen LogP contribution < -0.4 is 5.32 Å². The number of rotatable bonds is 3. The Labute approximate surface area is 138 Å². The van der Waals surface area contributed by atoms with E-state index in [1.165, 1.54) is 51.4 Å². The second-order valence-electron chi connectivity index (χ2n) is 6.93. The van der Waals surface area contributed by atoms with Crippen molar-refractivity contribution in [3.63, 3.8) is 0 Å². The highest BCUT2D eigenvalue weighted by Gasteiger charge is 2.33. The highest BCUT2D eigenvalue weighted by Crippen LogP contribution is 2.38. The van der Waals surface area contributed by atoms with Gasteiger partial charge in [-0.3, -0.25) is 4.79 Å². The van der Waals surface area contributed by atoms with Gasteiger partial charge in [-0.2, -0.15) is 0 Å². The van der Waals surface area contributed by atoms with Gasteiger partial charge in [0.25, 0.3) is 5.91 Å². The van der Waals surface area contributed by atoms with Crippen LogP contribution in [0.3, 0.4) is 0 Å². The SMILES string of the molecule is O=C(NC1CCCCC1C1CCCCC1)c1ccc(Cl)cc1. The monoisotopic (exact) mass is 319 g/mol. The molecule has 0 bridgehead atoms. The molecule has 0 aliphatic heterocycles. The van der Waals surface area contributed by atoms with E-state index in [9.17, 15) is 4.79 Å². The molecule has 2 fully saturated rings. The van der Waals surface area contributed by atoms with Gasteiger partial charge in [0.1, 0.15) is 0 Å². The molecule has 1 N–H and O–H groups in total. The van der Waals surface area contributed by atoms with Crippen molar-refractivity contribution in [1.82, 2.24) is 5.32 Å². The van der Waals surface area contributed by atoms with E-state index in [4.69, 9.17) is 11.6 Å². The Kier molecular flexibility index (Phi) is 5.41. The van der Waals surface area contributed by atoms with Gasteiger partial charge < -0.3 is 5.32 Å². The number of hydrogen-bond donors (Lipinski definition) is 1. The first-order valence-electron chi connectivity index (χ1n) is 8.80. The second-order valence-corrected chi connectivity index (χ2v) is 7.37. The quantitative estimate of drug-likeness (QED) is 0.814. The Bertz CT molecular complexity index is 493. The van der Waals surface area contributed by atoms with Crippen LogP contribution in [-0.4, -0.2) is 11.9 Å². The number of carbonyl (C=O) groups is 1. The number of nitrogens with one attached hydrogen (secondary N) is 1. The fraction of sp³-hybridized carbons (Fsp3) is 0.632. The van der Waals surface area contributed by atoms with Crippen LogP contribution in [0.5, 0.6) is 0 Å². The maximum Gasteiger partial charge on any atom is 0.251 e. The highest BCUT2D eigenvalue weighted by atomic mass is 35.5. The Hall–Kier alpha value is -1.02. The van der Waals surface area contributed by atoms with Crippen molar-refractivity contribution >= 4 is 17.5 Å². The summed E-state index contributed by atoms with van der Waals surface area (Å²) in [6.45, 7) is 0. The molecular formula is C19H26ClNO. The maximum absolute atomic E-state index is 12.5. The summed E-state index contributed by atoms with van der Waals surface area (Å²) in [5.74, 6) is 1.57. The minimum atomic E-state index is 0.0596. The van der Waals surface area contributed by atoms with E-state index in [-0.39, 0.29) is 5.91 Å². The summed E-state index contributed by atoms with van der Waals surface area (Å²) >= 11 is 5.90. The van der Waals surface area contributed by atoms with Crippen LogP contribution in [-0.2, 0) is 0 Å². The normalized spacial score (nSPS) is 26.6. The van der Waals surface area contributed by atoms with Crippen molar-refractivity contribution in [2.75, 3.05) is 0 Å². The van der Waals surface area contributed by atoms with E-state index >= 15 is 0 Å². The van der Waals surface area contributed by atoms with Crippen LogP contribution >= 0.6 is 11.6 Å². The first-order valence-corrected chi connectivity index (χ1v) is 9.18. The molecule has 2 unspecified atom stereocenters. The second kappa shape index (κ2) is 7.50. The van der Waals surface area contributed by atoms with Gasteiger partial charge in [0, 0.05) is 16.6 Å². The molecule has 2 atom stereocenters. The molecule has 1 amide bonds. The minimum Gasteiger partial charge on any atom is -0.349 e. The molecule has 22 heavy (non-hydrogen) atoms. The molecule has 2 nitrogen and oxygen atoms in total. The van der Waals surface area contributed by atoms with E-state index < -0.39 is 0 Å². The summed E-state index contributed by atoms with van der Waals surface area (Å²) in [4.78, 5) is 12.5. The molecule has 3 rings (SSSR count). The van der Waals surface area contributed by atoms with Crippen LogP contribution in [0, 0.1) is 11.8 Å². The summed E-state index contributed by atoms with van der Waals surface area (Å²) in [7, 11) is 0. The number of halogens is 1. The Morgan fingerprint density at radius 3 is 2.27 bits per heavy atom. The zero-order chi connectivity index (χ0) is 15.4. The zero-order valence-corrected chi connectivity index (χ0v) is 13.9. The molecule has 0 radical (unpaired) electrons. The van der Waals surface area contributed by atoms with E-state index in [1.54, 1.807) is 12.1 Å². The van der Waals surface area contributed by atoms with E-state index in [2.05, 4.69) is 5.32 Å². The van der Waals surface area contributed by atoms with Crippen molar-refractivity contribution in [3.8, 4) is 0 Å². The van der Waals surface area contributed by atoms with Gasteiger partial charge in [0.15, 0.2) is 0 Å². The predicted octanol–water partition coefficient (Wildman–Crippen LogP) is 5.21. The molecule has 2 aliphatic carbocycles. The fourth-order valence-electron chi connectivity index (χ4n) is 4.32. The van der Waals surface area contributed by atoms with Crippen LogP contribution in [0.15, 0.2) is 24.3 Å². The molecule has 0 spiro atoms. The Balaban J connectivity index is 1.65. The third-order valence-corrected chi connectivity index (χ3v) is 5.75. The molecule has 3 heteroatoms. The minimum absolute atomic E-state index is 0.0596. The predicted molar refractivity (Wildman–Crippen MR) is 91.2 cm³/mol. The molecule has 2 aliphatic rings. The Morgan fingerprint density at radius 2 is 1.55 bits per heavy atom. The van der Waals surface area contributed by atoms with Gasteiger partial charge in [-0.25, -0.2) is 0 Å². The lowest BCUT2D eigenvalue weighted by molar-refractivity contribution is 0.0859. The Morgan fingerprint density at radius 1 is 0.909 bits per heavy atom. The van der Waals surface area contributed by atoms with Crippen LogP contribution in [0.4, 0.5) is 0 Å². The lowest BCUT2D eigenvalue weighted by atomic mass is 9.71. The summed E-state index contributed by atoms with van der Waals surface area (Å²) in [6.07, 6.45) is 11.9. The van der Waals surface area contributed by atoms with Crippen molar-refractivity contribution in [2.45, 2.75) is 63.8 Å². The van der Waals surface area contributed by atoms with E-state index in [0.717, 1.165) is 17.9 Å². The van der Waals surface area contributed by atoms with Crippen molar-refractivity contribution in [1.29, 1.82) is 0 Å². The molecule has 0 aromatic heterocycles. The van der Waals surface area contributed by atoms with Crippen LogP contribution in [0.2, 0.25) is 5.02 Å². The smallest absolute Gasteiger partial charge is 0.251 e. The number of carbonyl (C=O) groups excluding carboxylic acids is 1. The molecule has 1 aromatic carbocycles. The van der Waals surface area contributed by atoms with Crippen LogP contribution in [0.1, 0.15) is 68.1 Å². The van der Waals surface area contributed by atoms with Gasteiger partial charge in [-0.15, -0.1) is 0 Å². The third kappa shape index (κ3) is 3.84. The topological polar surface area (TPSA) is 29.1 Å². The summed E-state index contributed by atoms with van der Waals surface area (Å²) in [5.41, 5.74) is 0.720. The van der Waals surface area contributed by atoms with Gasteiger partial charge in [-0.05, 0) is 48.9 Å².